The van der Waals surface area contributed by atoms with Crippen LogP contribution in [0.25, 0.3) is 0 Å². The molecule has 0 radical (unpaired) electrons. The first kappa shape index (κ1) is 13.5. The van der Waals surface area contributed by atoms with Crippen molar-refractivity contribution in [1.82, 2.24) is 19.7 Å². The maximum atomic E-state index is 13.4. The minimum absolute atomic E-state index is 0.0844. The lowest BCUT2D eigenvalue weighted by Crippen LogP contribution is -2.35. The normalized spacial score (nSPS) is 13.8. The minimum atomic E-state index is -0.522. The van der Waals surface area contributed by atoms with Crippen LogP contribution in [0.15, 0.2) is 29.1 Å². The summed E-state index contributed by atoms with van der Waals surface area (Å²) in [6, 6.07) is 5.86. The van der Waals surface area contributed by atoms with Gasteiger partial charge in [0.1, 0.15) is 18.2 Å². The van der Waals surface area contributed by atoms with E-state index in [4.69, 9.17) is 0 Å². The third kappa shape index (κ3) is 2.70. The van der Waals surface area contributed by atoms with E-state index in [1.54, 1.807) is 6.07 Å². The van der Waals surface area contributed by atoms with Crippen molar-refractivity contribution in [3.8, 4) is 0 Å². The molecule has 8 heteroatoms. The molecule has 0 spiro atoms. The summed E-state index contributed by atoms with van der Waals surface area (Å²) >= 11 is 0. The van der Waals surface area contributed by atoms with E-state index >= 15 is 0 Å². The second-order valence-corrected chi connectivity index (χ2v) is 4.71. The Morgan fingerprint density at radius 2 is 2.24 bits per heavy atom. The van der Waals surface area contributed by atoms with E-state index in [1.807, 2.05) is 0 Å². The van der Waals surface area contributed by atoms with Crippen LogP contribution in [0.3, 0.4) is 0 Å². The molecule has 110 valence electrons. The van der Waals surface area contributed by atoms with Gasteiger partial charge >= 0.3 is 5.69 Å². The van der Waals surface area contributed by atoms with Gasteiger partial charge in [0.05, 0.1) is 12.2 Å². The van der Waals surface area contributed by atoms with Crippen molar-refractivity contribution in [2.24, 2.45) is 0 Å². The van der Waals surface area contributed by atoms with Gasteiger partial charge in [0, 0.05) is 13.1 Å². The summed E-state index contributed by atoms with van der Waals surface area (Å²) < 4.78 is 16.1. The monoisotopic (exact) mass is 291 g/mol. The number of halogens is 1. The number of fused-ring (bicyclic) bond motifs is 1. The lowest BCUT2D eigenvalue weighted by Gasteiger charge is -2.11. The zero-order valence-electron chi connectivity index (χ0n) is 11.2. The molecule has 3 rings (SSSR count). The van der Waals surface area contributed by atoms with Crippen LogP contribution < -0.4 is 16.3 Å². The largest absolute Gasteiger partial charge is 0.346 e. The highest BCUT2D eigenvalue weighted by molar-refractivity contribution is 5.90. The summed E-state index contributed by atoms with van der Waals surface area (Å²) in [5.41, 5.74) is -0.239. The Bertz CT molecular complexity index is 736. The van der Waals surface area contributed by atoms with Crippen LogP contribution in [0.1, 0.15) is 5.82 Å². The van der Waals surface area contributed by atoms with Gasteiger partial charge in [-0.05, 0) is 12.1 Å². The fourth-order valence-electron chi connectivity index (χ4n) is 2.22. The molecule has 1 amide bonds. The number of carbonyl (C=O) groups excluding carboxylic acids is 1. The molecule has 0 saturated heterocycles. The highest BCUT2D eigenvalue weighted by Crippen LogP contribution is 2.12. The van der Waals surface area contributed by atoms with Gasteiger partial charge in [-0.3, -0.25) is 9.36 Å². The number of para-hydroxylation sites is 1. The van der Waals surface area contributed by atoms with Crippen molar-refractivity contribution in [3.05, 3.63) is 46.4 Å². The second-order valence-electron chi connectivity index (χ2n) is 4.71. The first-order valence-electron chi connectivity index (χ1n) is 6.57. The standard InChI is InChI=1S/C13H14FN5O2/c14-9-3-1-2-4-10(9)16-12(20)8-19-13(21)18-6-5-15-7-11(18)17-19/h1-4,15H,5-8H2,(H,16,20). The van der Waals surface area contributed by atoms with E-state index in [2.05, 4.69) is 15.7 Å². The van der Waals surface area contributed by atoms with Gasteiger partial charge in [0.15, 0.2) is 0 Å². The topological polar surface area (TPSA) is 81.0 Å². The van der Waals surface area contributed by atoms with Gasteiger partial charge in [-0.25, -0.2) is 13.9 Å². The predicted molar refractivity (Wildman–Crippen MR) is 73.2 cm³/mol. The minimum Gasteiger partial charge on any atom is -0.322 e. The molecule has 21 heavy (non-hydrogen) atoms. The molecule has 1 aromatic heterocycles. The van der Waals surface area contributed by atoms with Crippen LogP contribution in [-0.2, 0) is 24.4 Å². The lowest BCUT2D eigenvalue weighted by molar-refractivity contribution is -0.117. The van der Waals surface area contributed by atoms with Gasteiger partial charge in [-0.2, -0.15) is 5.10 Å². The maximum absolute atomic E-state index is 13.4. The lowest BCUT2D eigenvalue weighted by atomic mass is 10.3. The third-order valence-electron chi connectivity index (χ3n) is 3.24. The van der Waals surface area contributed by atoms with Crippen molar-refractivity contribution in [2.45, 2.75) is 19.6 Å². The van der Waals surface area contributed by atoms with Gasteiger partial charge in [0.25, 0.3) is 0 Å². The average molecular weight is 291 g/mol. The second kappa shape index (κ2) is 5.49. The summed E-state index contributed by atoms with van der Waals surface area (Å²) in [7, 11) is 0. The van der Waals surface area contributed by atoms with Crippen molar-refractivity contribution in [2.75, 3.05) is 11.9 Å². The Balaban J connectivity index is 1.75. The van der Waals surface area contributed by atoms with E-state index in [-0.39, 0.29) is 17.9 Å². The van der Waals surface area contributed by atoms with Crippen LogP contribution in [0.4, 0.5) is 10.1 Å². The molecule has 0 aliphatic carbocycles. The first-order chi connectivity index (χ1) is 10.1. The highest BCUT2D eigenvalue weighted by Gasteiger charge is 2.18. The Morgan fingerprint density at radius 3 is 3.00 bits per heavy atom. The summed E-state index contributed by atoms with van der Waals surface area (Å²) in [5.74, 6) is -0.415. The van der Waals surface area contributed by atoms with Gasteiger partial charge in [0.2, 0.25) is 5.91 Å². The number of amides is 1. The quantitative estimate of drug-likeness (QED) is 0.829. The average Bonchev–Trinajstić information content (AvgIpc) is 2.78. The fourth-order valence-corrected chi connectivity index (χ4v) is 2.22. The molecule has 1 aliphatic rings. The van der Waals surface area contributed by atoms with Gasteiger partial charge in [-0.15, -0.1) is 0 Å². The molecule has 2 aromatic rings. The number of anilines is 1. The van der Waals surface area contributed by atoms with Crippen LogP contribution in [0, 0.1) is 5.82 Å². The number of carbonyl (C=O) groups is 1. The van der Waals surface area contributed by atoms with Crippen molar-refractivity contribution in [1.29, 1.82) is 0 Å². The molecular formula is C13H14FN5O2. The van der Waals surface area contributed by atoms with Gasteiger partial charge in [-0.1, -0.05) is 12.1 Å². The van der Waals surface area contributed by atoms with Gasteiger partial charge < -0.3 is 10.6 Å². The Kier molecular flexibility index (Phi) is 3.53. The predicted octanol–water partition coefficient (Wildman–Crippen LogP) is -0.0742. The first-order valence-corrected chi connectivity index (χ1v) is 6.57. The van der Waals surface area contributed by atoms with E-state index in [1.165, 1.54) is 22.8 Å². The summed E-state index contributed by atoms with van der Waals surface area (Å²) in [5, 5.41) is 9.63. The van der Waals surface area contributed by atoms with E-state index in [0.29, 0.717) is 25.5 Å². The molecule has 2 N–H and O–H groups in total. The molecule has 0 atom stereocenters. The van der Waals surface area contributed by atoms with E-state index in [9.17, 15) is 14.0 Å². The number of hydrogen-bond acceptors (Lipinski definition) is 4. The van der Waals surface area contributed by atoms with E-state index in [0.717, 1.165) is 4.68 Å². The number of rotatable bonds is 3. The Labute approximate surface area is 119 Å². The molecular weight excluding hydrogens is 277 g/mol. The summed E-state index contributed by atoms with van der Waals surface area (Å²) in [6.07, 6.45) is 0. The Morgan fingerprint density at radius 1 is 1.43 bits per heavy atom. The molecule has 0 bridgehead atoms. The van der Waals surface area contributed by atoms with Crippen LogP contribution >= 0.6 is 0 Å². The van der Waals surface area contributed by atoms with Crippen molar-refractivity contribution < 1.29 is 9.18 Å². The smallest absolute Gasteiger partial charge is 0.322 e. The third-order valence-corrected chi connectivity index (χ3v) is 3.24. The summed E-state index contributed by atoms with van der Waals surface area (Å²) in [4.78, 5) is 23.9. The fraction of sp³-hybridized carbons (Fsp3) is 0.308. The molecule has 0 saturated carbocycles. The van der Waals surface area contributed by atoms with Crippen LogP contribution in [0.5, 0.6) is 0 Å². The molecule has 0 unspecified atom stereocenters. The molecule has 1 aromatic carbocycles. The molecule has 1 aliphatic heterocycles. The zero-order chi connectivity index (χ0) is 14.8. The number of benzene rings is 1. The number of nitrogens with zero attached hydrogens (tertiary/aromatic N) is 3. The molecule has 0 fully saturated rings. The Hall–Kier alpha value is -2.48. The van der Waals surface area contributed by atoms with Crippen molar-refractivity contribution >= 4 is 11.6 Å². The van der Waals surface area contributed by atoms with Crippen LogP contribution in [0.2, 0.25) is 0 Å². The van der Waals surface area contributed by atoms with Crippen LogP contribution in [-0.4, -0.2) is 26.8 Å². The maximum Gasteiger partial charge on any atom is 0.346 e. The molecule has 2 heterocycles. The zero-order valence-corrected chi connectivity index (χ0v) is 11.2. The number of nitrogens with one attached hydrogen (secondary N) is 2. The molecule has 7 nitrogen and oxygen atoms in total. The van der Waals surface area contributed by atoms with E-state index < -0.39 is 11.7 Å². The summed E-state index contributed by atoms with van der Waals surface area (Å²) in [6.45, 7) is 1.48. The number of aromatic nitrogens is 3. The SMILES string of the molecule is O=C(Cn1nc2n(c1=O)CCNC2)Nc1ccccc1F. The van der Waals surface area contributed by atoms with Crippen molar-refractivity contribution in [3.63, 3.8) is 0 Å². The number of hydrogen-bond donors (Lipinski definition) is 2. The highest BCUT2D eigenvalue weighted by atomic mass is 19.1.